The SMILES string of the molecule is CS(=O)(=O)c1cccc(NC(=O)CN2C(=O)C(=O)N(Cc3ccccc3)C2=O)c1. The van der Waals surface area contributed by atoms with E-state index in [2.05, 4.69) is 5.32 Å². The molecule has 1 aliphatic heterocycles. The first-order valence-corrected chi connectivity index (χ1v) is 10.4. The summed E-state index contributed by atoms with van der Waals surface area (Å²) in [5.74, 6) is -2.84. The van der Waals surface area contributed by atoms with Crippen molar-refractivity contribution in [2.24, 2.45) is 0 Å². The fourth-order valence-electron chi connectivity index (χ4n) is 2.74. The predicted molar refractivity (Wildman–Crippen MR) is 102 cm³/mol. The molecule has 0 spiro atoms. The smallest absolute Gasteiger partial charge is 0.324 e. The lowest BCUT2D eigenvalue weighted by molar-refractivity contribution is -0.143. The van der Waals surface area contributed by atoms with E-state index in [0.717, 1.165) is 11.2 Å². The Morgan fingerprint density at radius 1 is 0.931 bits per heavy atom. The Balaban J connectivity index is 1.70. The van der Waals surface area contributed by atoms with E-state index >= 15 is 0 Å². The highest BCUT2D eigenvalue weighted by molar-refractivity contribution is 7.90. The van der Waals surface area contributed by atoms with Gasteiger partial charge in [0, 0.05) is 11.9 Å². The Hall–Kier alpha value is -3.53. The summed E-state index contributed by atoms with van der Waals surface area (Å²) < 4.78 is 23.2. The summed E-state index contributed by atoms with van der Waals surface area (Å²) in [6.07, 6.45) is 1.03. The molecule has 1 fully saturated rings. The van der Waals surface area contributed by atoms with Crippen molar-refractivity contribution in [2.75, 3.05) is 18.1 Å². The summed E-state index contributed by atoms with van der Waals surface area (Å²) in [4.78, 5) is 50.3. The maximum atomic E-state index is 12.5. The topological polar surface area (TPSA) is 121 Å². The van der Waals surface area contributed by atoms with Crippen molar-refractivity contribution in [2.45, 2.75) is 11.4 Å². The Labute approximate surface area is 166 Å². The first-order valence-electron chi connectivity index (χ1n) is 8.48. The number of anilines is 1. The van der Waals surface area contributed by atoms with Crippen molar-refractivity contribution in [3.63, 3.8) is 0 Å². The summed E-state index contributed by atoms with van der Waals surface area (Å²) in [6, 6.07) is 13.3. The van der Waals surface area contributed by atoms with Gasteiger partial charge in [-0.25, -0.2) is 18.1 Å². The van der Waals surface area contributed by atoms with Gasteiger partial charge in [0.05, 0.1) is 11.4 Å². The van der Waals surface area contributed by atoms with Crippen LogP contribution >= 0.6 is 0 Å². The van der Waals surface area contributed by atoms with Gasteiger partial charge >= 0.3 is 17.8 Å². The van der Waals surface area contributed by atoms with Gasteiger partial charge in [0.15, 0.2) is 9.84 Å². The number of hydrogen-bond acceptors (Lipinski definition) is 6. The molecule has 3 rings (SSSR count). The van der Waals surface area contributed by atoms with Crippen molar-refractivity contribution in [1.82, 2.24) is 9.80 Å². The van der Waals surface area contributed by atoms with E-state index < -0.39 is 40.1 Å². The molecular weight excluding hydrogens is 398 g/mol. The van der Waals surface area contributed by atoms with Gasteiger partial charge in [-0.3, -0.25) is 19.3 Å². The molecule has 0 aromatic heterocycles. The first-order chi connectivity index (χ1) is 13.7. The quantitative estimate of drug-likeness (QED) is 0.555. The monoisotopic (exact) mass is 415 g/mol. The Morgan fingerprint density at radius 2 is 1.59 bits per heavy atom. The van der Waals surface area contributed by atoms with Crippen molar-refractivity contribution < 1.29 is 27.6 Å². The third-order valence-corrected chi connectivity index (χ3v) is 5.28. The summed E-state index contributed by atoms with van der Waals surface area (Å²) in [5.41, 5.74) is 0.843. The average molecular weight is 415 g/mol. The molecule has 0 radical (unpaired) electrons. The van der Waals surface area contributed by atoms with Gasteiger partial charge in [-0.15, -0.1) is 0 Å². The van der Waals surface area contributed by atoms with Crippen LogP contribution in [0.25, 0.3) is 0 Å². The molecule has 1 N–H and O–H groups in total. The van der Waals surface area contributed by atoms with Crippen LogP contribution in [-0.2, 0) is 30.8 Å². The van der Waals surface area contributed by atoms with E-state index in [9.17, 15) is 27.6 Å². The van der Waals surface area contributed by atoms with E-state index in [1.807, 2.05) is 0 Å². The van der Waals surface area contributed by atoms with Gasteiger partial charge in [0.1, 0.15) is 6.54 Å². The molecule has 1 saturated heterocycles. The number of amides is 5. The maximum Gasteiger partial charge on any atom is 0.335 e. The predicted octanol–water partition coefficient (Wildman–Crippen LogP) is 1.02. The Morgan fingerprint density at radius 3 is 2.24 bits per heavy atom. The highest BCUT2D eigenvalue weighted by Crippen LogP contribution is 2.18. The van der Waals surface area contributed by atoms with Gasteiger partial charge in [-0.1, -0.05) is 36.4 Å². The number of carbonyl (C=O) groups is 4. The van der Waals surface area contributed by atoms with Crippen LogP contribution in [0, 0.1) is 0 Å². The number of sulfone groups is 1. The molecule has 0 aliphatic carbocycles. The van der Waals surface area contributed by atoms with Crippen LogP contribution in [-0.4, -0.2) is 54.8 Å². The van der Waals surface area contributed by atoms with E-state index in [1.54, 1.807) is 30.3 Å². The number of nitrogens with zero attached hydrogens (tertiary/aromatic N) is 2. The molecule has 0 saturated carbocycles. The number of benzene rings is 2. The first kappa shape index (κ1) is 20.2. The molecule has 2 aromatic rings. The summed E-state index contributed by atoms with van der Waals surface area (Å²) in [6.45, 7) is -0.753. The van der Waals surface area contributed by atoms with Crippen molar-refractivity contribution >= 4 is 39.3 Å². The lowest BCUT2D eigenvalue weighted by Crippen LogP contribution is -2.38. The summed E-state index contributed by atoms with van der Waals surface area (Å²) in [7, 11) is -3.47. The van der Waals surface area contributed by atoms with Crippen molar-refractivity contribution in [3.8, 4) is 0 Å². The minimum atomic E-state index is -3.47. The highest BCUT2D eigenvalue weighted by atomic mass is 32.2. The second kappa shape index (κ2) is 7.84. The lowest BCUT2D eigenvalue weighted by Gasteiger charge is -2.15. The maximum absolute atomic E-state index is 12.5. The zero-order valence-electron chi connectivity index (χ0n) is 15.4. The van der Waals surface area contributed by atoms with E-state index in [1.165, 1.54) is 24.3 Å². The number of rotatable bonds is 6. The number of urea groups is 1. The second-order valence-electron chi connectivity index (χ2n) is 6.40. The summed E-state index contributed by atoms with van der Waals surface area (Å²) in [5, 5.41) is 2.42. The van der Waals surface area contributed by atoms with E-state index in [4.69, 9.17) is 0 Å². The molecule has 0 bridgehead atoms. The minimum absolute atomic E-state index is 0.00726. The third-order valence-electron chi connectivity index (χ3n) is 4.17. The zero-order chi connectivity index (χ0) is 21.2. The number of carbonyl (C=O) groups excluding carboxylic acids is 4. The van der Waals surface area contributed by atoms with Gasteiger partial charge in [0.2, 0.25) is 5.91 Å². The van der Waals surface area contributed by atoms with Gasteiger partial charge in [-0.05, 0) is 23.8 Å². The van der Waals surface area contributed by atoms with Crippen LogP contribution in [0.15, 0.2) is 59.5 Å². The average Bonchev–Trinajstić information content (AvgIpc) is 2.86. The third kappa shape index (κ3) is 4.49. The van der Waals surface area contributed by atoms with Crippen LogP contribution in [0.3, 0.4) is 0 Å². The summed E-state index contributed by atoms with van der Waals surface area (Å²) >= 11 is 0. The molecule has 1 heterocycles. The molecule has 1 aliphatic rings. The molecule has 5 amide bonds. The van der Waals surface area contributed by atoms with E-state index in [0.29, 0.717) is 10.5 Å². The van der Waals surface area contributed by atoms with Crippen LogP contribution < -0.4 is 5.32 Å². The highest BCUT2D eigenvalue weighted by Gasteiger charge is 2.45. The molecule has 0 unspecified atom stereocenters. The molecule has 150 valence electrons. The lowest BCUT2D eigenvalue weighted by atomic mass is 10.2. The number of nitrogens with one attached hydrogen (secondary N) is 1. The number of imide groups is 2. The van der Waals surface area contributed by atoms with Crippen molar-refractivity contribution in [3.05, 3.63) is 60.2 Å². The van der Waals surface area contributed by atoms with Crippen molar-refractivity contribution in [1.29, 1.82) is 0 Å². The van der Waals surface area contributed by atoms with Crippen LogP contribution in [0.5, 0.6) is 0 Å². The normalized spacial score (nSPS) is 14.4. The Bertz CT molecular complexity index is 1100. The molecular formula is C19H17N3O6S. The van der Waals surface area contributed by atoms with Crippen LogP contribution in [0.2, 0.25) is 0 Å². The van der Waals surface area contributed by atoms with Gasteiger partial charge < -0.3 is 5.32 Å². The second-order valence-corrected chi connectivity index (χ2v) is 8.41. The fourth-order valence-corrected chi connectivity index (χ4v) is 3.41. The molecule has 0 atom stereocenters. The van der Waals surface area contributed by atoms with Crippen LogP contribution in [0.1, 0.15) is 5.56 Å². The standard InChI is InChI=1S/C19H17N3O6S/c1-29(27,28)15-9-5-8-14(10-15)20-16(23)12-22-18(25)17(24)21(19(22)26)11-13-6-3-2-4-7-13/h2-10H,11-12H2,1H3,(H,20,23). The molecule has 29 heavy (non-hydrogen) atoms. The van der Waals surface area contributed by atoms with Gasteiger partial charge in [0.25, 0.3) is 0 Å². The van der Waals surface area contributed by atoms with Gasteiger partial charge in [-0.2, -0.15) is 0 Å². The minimum Gasteiger partial charge on any atom is -0.324 e. The van der Waals surface area contributed by atoms with Crippen LogP contribution in [0.4, 0.5) is 10.5 Å². The molecule has 9 nitrogen and oxygen atoms in total. The zero-order valence-corrected chi connectivity index (χ0v) is 16.2. The number of hydrogen-bond donors (Lipinski definition) is 1. The molecule has 10 heteroatoms. The largest absolute Gasteiger partial charge is 0.335 e. The molecule has 2 aromatic carbocycles. The van der Waals surface area contributed by atoms with E-state index in [-0.39, 0.29) is 17.1 Å². The Kier molecular flexibility index (Phi) is 5.46. The fraction of sp³-hybridized carbons (Fsp3) is 0.158.